The normalized spacial score (nSPS) is 10.6. The van der Waals surface area contributed by atoms with Gasteiger partial charge in [0.25, 0.3) is 0 Å². The van der Waals surface area contributed by atoms with E-state index in [1.165, 1.54) is 12.1 Å². The molecule has 0 aliphatic heterocycles. The summed E-state index contributed by atoms with van der Waals surface area (Å²) < 4.78 is 18.1. The van der Waals surface area contributed by atoms with Crippen molar-refractivity contribution in [1.29, 1.82) is 0 Å². The Morgan fingerprint density at radius 3 is 2.50 bits per heavy atom. The van der Waals surface area contributed by atoms with E-state index in [4.69, 9.17) is 20.7 Å². The molecule has 5 heteroatoms. The molecule has 0 atom stereocenters. The molecule has 1 aromatic rings. The molecule has 4 nitrogen and oxygen atoms in total. The lowest BCUT2D eigenvalue weighted by Crippen LogP contribution is -2.25. The molecule has 0 radical (unpaired) electrons. The molecule has 0 spiro atoms. The van der Waals surface area contributed by atoms with Gasteiger partial charge in [-0.15, -0.1) is 0 Å². The van der Waals surface area contributed by atoms with Gasteiger partial charge in [0, 0.05) is 11.8 Å². The summed E-state index contributed by atoms with van der Waals surface area (Å²) in [5, 5.41) is 17.4. The van der Waals surface area contributed by atoms with E-state index >= 15 is 0 Å². The number of nitrogen functional groups attached to an aromatic ring is 1. The Labute approximate surface area is 80.7 Å². The van der Waals surface area contributed by atoms with Crippen molar-refractivity contribution < 1.29 is 19.3 Å². The minimum Gasteiger partial charge on any atom is -0.483 e. The molecular weight excluding hydrogens is 189 g/mol. The molecule has 1 rings (SSSR count). The summed E-state index contributed by atoms with van der Waals surface area (Å²) in [6.45, 7) is -0.749. The smallest absolute Gasteiger partial charge is 0.167 e. The van der Waals surface area contributed by atoms with Crippen LogP contribution in [-0.2, 0) is 0 Å². The highest BCUT2D eigenvalue weighted by molar-refractivity contribution is 5.42. The summed E-state index contributed by atoms with van der Waals surface area (Å²) >= 11 is 0. The van der Waals surface area contributed by atoms with E-state index < -0.39 is 11.9 Å². The first kappa shape index (κ1) is 10.7. The van der Waals surface area contributed by atoms with Crippen molar-refractivity contribution in [3.63, 3.8) is 0 Å². The molecular formula is C9H12FNO3. The Hall–Kier alpha value is -1.33. The van der Waals surface area contributed by atoms with Crippen LogP contribution in [-0.4, -0.2) is 29.5 Å². The molecule has 0 aliphatic rings. The van der Waals surface area contributed by atoms with Gasteiger partial charge in [0.2, 0.25) is 0 Å². The van der Waals surface area contributed by atoms with Gasteiger partial charge in [0.05, 0.1) is 13.2 Å². The molecule has 1 aromatic carbocycles. The maximum Gasteiger partial charge on any atom is 0.167 e. The Bertz CT molecular complexity index is 302. The molecule has 0 saturated carbocycles. The number of hydrogen-bond donors (Lipinski definition) is 3. The van der Waals surface area contributed by atoms with E-state index in [0.717, 1.165) is 6.07 Å². The van der Waals surface area contributed by atoms with Crippen LogP contribution in [0.15, 0.2) is 18.2 Å². The minimum absolute atomic E-state index is 0.0349. The van der Waals surface area contributed by atoms with Gasteiger partial charge in [0.15, 0.2) is 11.6 Å². The lowest BCUT2D eigenvalue weighted by atomic mass is 10.3. The second-order valence-corrected chi connectivity index (χ2v) is 2.79. The lowest BCUT2D eigenvalue weighted by Gasteiger charge is -2.14. The summed E-state index contributed by atoms with van der Waals surface area (Å²) in [5.74, 6) is -0.649. The average molecular weight is 201 g/mol. The Morgan fingerprint density at radius 2 is 2.00 bits per heavy atom. The summed E-state index contributed by atoms with van der Waals surface area (Å²) in [5.41, 5.74) is 5.62. The van der Waals surface area contributed by atoms with Crippen LogP contribution in [0.2, 0.25) is 0 Å². The Kier molecular flexibility index (Phi) is 3.67. The van der Waals surface area contributed by atoms with Crippen LogP contribution in [0, 0.1) is 5.82 Å². The van der Waals surface area contributed by atoms with Crippen molar-refractivity contribution in [1.82, 2.24) is 0 Å². The van der Waals surface area contributed by atoms with Crippen LogP contribution in [0.3, 0.4) is 0 Å². The second kappa shape index (κ2) is 4.78. The van der Waals surface area contributed by atoms with Crippen LogP contribution in [0.25, 0.3) is 0 Å². The number of anilines is 1. The maximum absolute atomic E-state index is 13.1. The summed E-state index contributed by atoms with van der Waals surface area (Å²) in [6.07, 6.45) is -0.812. The number of benzene rings is 1. The van der Waals surface area contributed by atoms with E-state index in [-0.39, 0.29) is 19.0 Å². The molecule has 14 heavy (non-hydrogen) atoms. The largest absolute Gasteiger partial charge is 0.483 e. The fraction of sp³-hybridized carbons (Fsp3) is 0.333. The first-order valence-corrected chi connectivity index (χ1v) is 4.10. The first-order chi connectivity index (χ1) is 6.67. The number of ether oxygens (including phenoxy) is 1. The molecule has 78 valence electrons. The highest BCUT2D eigenvalue weighted by Crippen LogP contribution is 2.20. The lowest BCUT2D eigenvalue weighted by molar-refractivity contribution is 0.0602. The van der Waals surface area contributed by atoms with Crippen LogP contribution in [0.1, 0.15) is 0 Å². The van der Waals surface area contributed by atoms with Crippen molar-refractivity contribution in [2.24, 2.45) is 0 Å². The number of aliphatic hydroxyl groups is 2. The van der Waals surface area contributed by atoms with Gasteiger partial charge >= 0.3 is 0 Å². The van der Waals surface area contributed by atoms with Crippen molar-refractivity contribution >= 4 is 5.69 Å². The number of rotatable bonds is 4. The third-order valence-electron chi connectivity index (χ3n) is 1.66. The predicted molar refractivity (Wildman–Crippen MR) is 49.4 cm³/mol. The number of aliphatic hydroxyl groups excluding tert-OH is 2. The summed E-state index contributed by atoms with van der Waals surface area (Å²) in [6, 6.07) is 3.94. The summed E-state index contributed by atoms with van der Waals surface area (Å²) in [7, 11) is 0. The third kappa shape index (κ3) is 2.58. The van der Waals surface area contributed by atoms with Gasteiger partial charge in [-0.1, -0.05) is 0 Å². The van der Waals surface area contributed by atoms with E-state index in [1.54, 1.807) is 0 Å². The van der Waals surface area contributed by atoms with Gasteiger partial charge in [0.1, 0.15) is 6.10 Å². The van der Waals surface area contributed by atoms with Gasteiger partial charge in [-0.2, -0.15) is 0 Å². The van der Waals surface area contributed by atoms with Gasteiger partial charge in [-0.25, -0.2) is 4.39 Å². The van der Waals surface area contributed by atoms with Gasteiger partial charge < -0.3 is 20.7 Å². The Balaban J connectivity index is 2.76. The molecule has 0 fully saturated rings. The molecule has 0 saturated heterocycles. The van der Waals surface area contributed by atoms with Crippen molar-refractivity contribution in [3.05, 3.63) is 24.0 Å². The topological polar surface area (TPSA) is 75.7 Å². The monoisotopic (exact) mass is 201 g/mol. The third-order valence-corrected chi connectivity index (χ3v) is 1.66. The molecule has 0 bridgehead atoms. The van der Waals surface area contributed by atoms with Crippen LogP contribution >= 0.6 is 0 Å². The zero-order valence-corrected chi connectivity index (χ0v) is 7.48. The number of nitrogens with two attached hydrogens (primary N) is 1. The maximum atomic E-state index is 13.1. The molecule has 0 aliphatic carbocycles. The highest BCUT2D eigenvalue weighted by atomic mass is 19.1. The zero-order valence-electron chi connectivity index (χ0n) is 7.48. The molecule has 0 unspecified atom stereocenters. The van der Waals surface area contributed by atoms with Crippen molar-refractivity contribution in [2.75, 3.05) is 18.9 Å². The molecule has 0 aromatic heterocycles. The van der Waals surface area contributed by atoms with Crippen molar-refractivity contribution in [3.8, 4) is 5.75 Å². The fourth-order valence-electron chi connectivity index (χ4n) is 0.924. The van der Waals surface area contributed by atoms with Crippen molar-refractivity contribution in [2.45, 2.75) is 6.10 Å². The molecule has 0 amide bonds. The highest BCUT2D eigenvalue weighted by Gasteiger charge is 2.10. The predicted octanol–water partition coefficient (Wildman–Crippen LogP) is 0.140. The number of halogens is 1. The van der Waals surface area contributed by atoms with E-state index in [9.17, 15) is 4.39 Å². The van der Waals surface area contributed by atoms with Gasteiger partial charge in [-0.3, -0.25) is 0 Å². The van der Waals surface area contributed by atoms with E-state index in [0.29, 0.717) is 5.69 Å². The van der Waals surface area contributed by atoms with Crippen LogP contribution in [0.4, 0.5) is 10.1 Å². The summed E-state index contributed by atoms with van der Waals surface area (Å²) in [4.78, 5) is 0. The van der Waals surface area contributed by atoms with Gasteiger partial charge in [-0.05, 0) is 12.1 Å². The average Bonchev–Trinajstić information content (AvgIpc) is 2.17. The van der Waals surface area contributed by atoms with E-state index in [2.05, 4.69) is 0 Å². The van der Waals surface area contributed by atoms with Crippen LogP contribution < -0.4 is 10.5 Å². The first-order valence-electron chi connectivity index (χ1n) is 4.10. The zero-order chi connectivity index (χ0) is 10.6. The quantitative estimate of drug-likeness (QED) is 0.606. The van der Waals surface area contributed by atoms with Crippen LogP contribution in [0.5, 0.6) is 5.75 Å². The minimum atomic E-state index is -0.812. The second-order valence-electron chi connectivity index (χ2n) is 2.79. The standard InChI is InChI=1S/C9H12FNO3/c10-8-3-6(11)1-2-9(8)14-7(4-12)5-13/h1-3,7,12-13H,4-5,11H2. The molecule has 4 N–H and O–H groups in total. The van der Waals surface area contributed by atoms with E-state index in [1.807, 2.05) is 0 Å². The fourth-order valence-corrected chi connectivity index (χ4v) is 0.924. The molecule has 0 heterocycles. The SMILES string of the molecule is Nc1ccc(OC(CO)CO)c(F)c1. The number of hydrogen-bond acceptors (Lipinski definition) is 4. The Morgan fingerprint density at radius 1 is 1.36 bits per heavy atom.